The summed E-state index contributed by atoms with van der Waals surface area (Å²) in [7, 11) is 0. The first-order chi connectivity index (χ1) is 19.9. The van der Waals surface area contributed by atoms with Gasteiger partial charge in [0.05, 0.1) is 35.6 Å². The summed E-state index contributed by atoms with van der Waals surface area (Å²) < 4.78 is 21.8. The van der Waals surface area contributed by atoms with Gasteiger partial charge in [0, 0.05) is 24.2 Å². The van der Waals surface area contributed by atoms with Gasteiger partial charge < -0.3 is 9.64 Å². The Morgan fingerprint density at radius 2 is 1.78 bits per heavy atom. The molecule has 0 spiro atoms. The second-order valence-electron chi connectivity index (χ2n) is 10.3. The predicted molar refractivity (Wildman–Crippen MR) is 159 cm³/mol. The third kappa shape index (κ3) is 5.27. The number of halogens is 1. The fourth-order valence-corrected chi connectivity index (χ4v) is 6.63. The molecular formula is C32H31FN4O3S. The van der Waals surface area contributed by atoms with Crippen LogP contribution in [-0.4, -0.2) is 65.1 Å². The van der Waals surface area contributed by atoms with Crippen molar-refractivity contribution in [3.8, 4) is 16.9 Å². The number of aryl methyl sites for hydroxylation is 1. The number of nitrogens with zero attached hydrogens (tertiary/aromatic N) is 4. The van der Waals surface area contributed by atoms with Crippen molar-refractivity contribution in [2.45, 2.75) is 19.1 Å². The standard InChI is InChI=1S/C32H31FN4O3S/c1-21-8-6-13-26(22(21)2)37-32-29(30(34-37)23-9-4-3-5-10-23)31(24-11-7-12-25(33)18-24)41-20-28(39)36(32)19-27(38)35-14-16-40-17-15-35/h3-13,18,31H,14-17,19-20H2,1-2H3/t31-/m0/s1. The van der Waals surface area contributed by atoms with Gasteiger partial charge in [-0.25, -0.2) is 9.07 Å². The van der Waals surface area contributed by atoms with Gasteiger partial charge in [0.25, 0.3) is 0 Å². The van der Waals surface area contributed by atoms with E-state index in [1.54, 1.807) is 15.9 Å². The lowest BCUT2D eigenvalue weighted by Gasteiger charge is -2.30. The topological polar surface area (TPSA) is 67.7 Å². The number of thioether (sulfide) groups is 1. The van der Waals surface area contributed by atoms with Gasteiger partial charge in [0.15, 0.2) is 0 Å². The zero-order valence-electron chi connectivity index (χ0n) is 23.0. The molecule has 1 atom stereocenters. The van der Waals surface area contributed by atoms with Crippen molar-refractivity contribution >= 4 is 29.4 Å². The highest BCUT2D eigenvalue weighted by Gasteiger charge is 2.38. The van der Waals surface area contributed by atoms with E-state index in [4.69, 9.17) is 9.84 Å². The fraction of sp³-hybridized carbons (Fsp3) is 0.281. The number of fused-ring (bicyclic) bond motifs is 1. The minimum Gasteiger partial charge on any atom is -0.378 e. The number of carbonyl (C=O) groups is 2. The monoisotopic (exact) mass is 570 g/mol. The van der Waals surface area contributed by atoms with Gasteiger partial charge in [-0.05, 0) is 48.7 Å². The normalized spacial score (nSPS) is 17.3. The number of benzene rings is 3. The van der Waals surface area contributed by atoms with Crippen molar-refractivity contribution < 1.29 is 18.7 Å². The second kappa shape index (κ2) is 11.5. The summed E-state index contributed by atoms with van der Waals surface area (Å²) in [5.41, 5.74) is 6.02. The van der Waals surface area contributed by atoms with Crippen molar-refractivity contribution in [2.75, 3.05) is 43.5 Å². The fourth-order valence-electron chi connectivity index (χ4n) is 5.44. The van der Waals surface area contributed by atoms with Crippen LogP contribution in [0.2, 0.25) is 0 Å². The van der Waals surface area contributed by atoms with Crippen molar-refractivity contribution in [2.24, 2.45) is 0 Å². The molecule has 3 heterocycles. The Morgan fingerprint density at radius 3 is 2.54 bits per heavy atom. The molecule has 1 fully saturated rings. The summed E-state index contributed by atoms with van der Waals surface area (Å²) in [4.78, 5) is 30.8. The third-order valence-electron chi connectivity index (χ3n) is 7.75. The molecule has 0 saturated carbocycles. The maximum atomic E-state index is 14.6. The predicted octanol–water partition coefficient (Wildman–Crippen LogP) is 5.32. The van der Waals surface area contributed by atoms with Crippen LogP contribution in [0.15, 0.2) is 72.8 Å². The smallest absolute Gasteiger partial charge is 0.242 e. The summed E-state index contributed by atoms with van der Waals surface area (Å²) in [6.45, 7) is 5.87. The number of amides is 2. The minimum atomic E-state index is -0.387. The Bertz CT molecular complexity index is 1600. The molecule has 7 nitrogen and oxygen atoms in total. The van der Waals surface area contributed by atoms with E-state index in [0.717, 1.165) is 33.5 Å². The number of aromatic nitrogens is 2. The molecule has 2 aliphatic heterocycles. The van der Waals surface area contributed by atoms with Gasteiger partial charge in [-0.15, -0.1) is 11.8 Å². The molecule has 1 saturated heterocycles. The van der Waals surface area contributed by atoms with Crippen LogP contribution in [0.4, 0.5) is 10.2 Å². The quantitative estimate of drug-likeness (QED) is 0.325. The number of rotatable bonds is 5. The first-order valence-electron chi connectivity index (χ1n) is 13.7. The third-order valence-corrected chi connectivity index (χ3v) is 9.00. The molecule has 210 valence electrons. The van der Waals surface area contributed by atoms with E-state index in [0.29, 0.717) is 37.8 Å². The van der Waals surface area contributed by atoms with Crippen LogP contribution in [-0.2, 0) is 14.3 Å². The molecule has 0 bridgehead atoms. The highest BCUT2D eigenvalue weighted by Crippen LogP contribution is 2.48. The van der Waals surface area contributed by atoms with Gasteiger partial charge in [-0.3, -0.25) is 14.5 Å². The Hall–Kier alpha value is -3.95. The largest absolute Gasteiger partial charge is 0.378 e. The molecule has 0 aliphatic carbocycles. The van der Waals surface area contributed by atoms with Crippen LogP contribution in [0.25, 0.3) is 16.9 Å². The van der Waals surface area contributed by atoms with Crippen LogP contribution in [0, 0.1) is 19.7 Å². The molecule has 41 heavy (non-hydrogen) atoms. The zero-order chi connectivity index (χ0) is 28.5. The SMILES string of the molecule is Cc1cccc(-n2nc(-c3ccccc3)c3c2N(CC(=O)N2CCOCC2)C(=O)CS[C@H]3c2cccc(F)c2)c1C. The summed E-state index contributed by atoms with van der Waals surface area (Å²) in [6, 6.07) is 22.3. The number of hydrogen-bond acceptors (Lipinski definition) is 5. The molecule has 6 rings (SSSR count). The van der Waals surface area contributed by atoms with Crippen molar-refractivity contribution in [3.05, 3.63) is 101 Å². The first kappa shape index (κ1) is 27.2. The Kier molecular flexibility index (Phi) is 7.64. The summed E-state index contributed by atoms with van der Waals surface area (Å²) in [6.07, 6.45) is 0. The highest BCUT2D eigenvalue weighted by atomic mass is 32.2. The number of anilines is 1. The minimum absolute atomic E-state index is 0.118. The molecule has 9 heteroatoms. The average Bonchev–Trinajstić information content (AvgIpc) is 3.31. The van der Waals surface area contributed by atoms with E-state index < -0.39 is 0 Å². The Balaban J connectivity index is 1.61. The van der Waals surface area contributed by atoms with Gasteiger partial charge in [0.2, 0.25) is 11.8 Å². The molecule has 0 radical (unpaired) electrons. The molecule has 0 N–H and O–H groups in total. The van der Waals surface area contributed by atoms with Crippen molar-refractivity contribution in [1.82, 2.24) is 14.7 Å². The van der Waals surface area contributed by atoms with E-state index in [1.165, 1.54) is 23.9 Å². The van der Waals surface area contributed by atoms with E-state index in [1.807, 2.05) is 73.1 Å². The second-order valence-corrected chi connectivity index (χ2v) is 11.4. The van der Waals surface area contributed by atoms with Gasteiger partial charge in [0.1, 0.15) is 18.2 Å². The lowest BCUT2D eigenvalue weighted by Crippen LogP contribution is -2.48. The van der Waals surface area contributed by atoms with E-state index >= 15 is 0 Å². The maximum absolute atomic E-state index is 14.6. The number of carbonyl (C=O) groups excluding carboxylic acids is 2. The van der Waals surface area contributed by atoms with E-state index in [2.05, 4.69) is 0 Å². The van der Waals surface area contributed by atoms with Crippen LogP contribution in [0.3, 0.4) is 0 Å². The number of hydrogen-bond donors (Lipinski definition) is 0. The average molecular weight is 571 g/mol. The van der Waals surface area contributed by atoms with Crippen molar-refractivity contribution in [3.63, 3.8) is 0 Å². The molecule has 0 unspecified atom stereocenters. The van der Waals surface area contributed by atoms with Gasteiger partial charge >= 0.3 is 0 Å². The van der Waals surface area contributed by atoms with Crippen LogP contribution >= 0.6 is 11.8 Å². The van der Waals surface area contributed by atoms with E-state index in [9.17, 15) is 14.0 Å². The Morgan fingerprint density at radius 1 is 1.02 bits per heavy atom. The summed E-state index contributed by atoms with van der Waals surface area (Å²) >= 11 is 1.43. The molecular weight excluding hydrogens is 539 g/mol. The number of ether oxygens (including phenoxy) is 1. The molecule has 4 aromatic rings. The van der Waals surface area contributed by atoms with Crippen molar-refractivity contribution in [1.29, 1.82) is 0 Å². The summed E-state index contributed by atoms with van der Waals surface area (Å²) in [5, 5.41) is 4.76. The molecule has 2 aliphatic rings. The first-order valence-corrected chi connectivity index (χ1v) is 14.7. The zero-order valence-corrected chi connectivity index (χ0v) is 23.9. The van der Waals surface area contributed by atoms with Crippen LogP contribution < -0.4 is 4.90 Å². The highest BCUT2D eigenvalue weighted by molar-refractivity contribution is 8.00. The van der Waals surface area contributed by atoms with E-state index in [-0.39, 0.29) is 35.2 Å². The lowest BCUT2D eigenvalue weighted by atomic mass is 9.99. The van der Waals surface area contributed by atoms with Gasteiger partial charge in [-0.1, -0.05) is 54.6 Å². The van der Waals surface area contributed by atoms with Gasteiger partial charge in [-0.2, -0.15) is 5.10 Å². The lowest BCUT2D eigenvalue weighted by molar-refractivity contribution is -0.134. The molecule has 3 aromatic carbocycles. The molecule has 2 amide bonds. The maximum Gasteiger partial charge on any atom is 0.242 e. The summed E-state index contributed by atoms with van der Waals surface area (Å²) in [5.74, 6) is -0.00130. The molecule has 1 aromatic heterocycles. The Labute approximate surface area is 242 Å². The number of morpholine rings is 1. The van der Waals surface area contributed by atoms with Crippen LogP contribution in [0.1, 0.15) is 27.5 Å². The van der Waals surface area contributed by atoms with Crippen LogP contribution in [0.5, 0.6) is 0 Å².